The Bertz CT molecular complexity index is 2590. The van der Waals surface area contributed by atoms with Crippen molar-refractivity contribution in [3.63, 3.8) is 0 Å². The minimum Gasteiger partial charge on any atom is -0.390 e. The van der Waals surface area contributed by atoms with Crippen LogP contribution in [0.4, 0.5) is 0 Å². The summed E-state index contributed by atoms with van der Waals surface area (Å²) in [5, 5.41) is 34.7. The molecule has 0 unspecified atom stereocenters. The third-order valence-corrected chi connectivity index (χ3v) is 18.3. The van der Waals surface area contributed by atoms with Gasteiger partial charge in [-0.15, -0.1) is 0 Å². The van der Waals surface area contributed by atoms with Gasteiger partial charge in [0.15, 0.2) is 0 Å². The maximum Gasteiger partial charge on any atom is 0.248 e. The molecule has 11 amide bonds. The molecule has 26 nitrogen and oxygen atoms in total. The van der Waals surface area contributed by atoms with Crippen molar-refractivity contribution in [1.29, 1.82) is 0 Å². The van der Waals surface area contributed by atoms with Gasteiger partial charge in [0.2, 0.25) is 65.0 Å². The fraction of sp³-hybridized carbons (Fsp3) is 0.814. The van der Waals surface area contributed by atoms with Gasteiger partial charge >= 0.3 is 0 Å². The summed E-state index contributed by atoms with van der Waals surface area (Å²) < 4.78 is 6.19. The Morgan fingerprint density at radius 1 is 0.510 bits per heavy atom. The quantitative estimate of drug-likeness (QED) is 0.0630. The van der Waals surface area contributed by atoms with Crippen molar-refractivity contribution in [3.05, 3.63) is 12.2 Å². The van der Waals surface area contributed by atoms with Crippen molar-refractivity contribution in [3.8, 4) is 0 Å². The highest BCUT2D eigenvalue weighted by molar-refractivity contribution is 6.00. The molecule has 552 valence electrons. The molecule has 6 N–H and O–H groups in total. The second-order valence-electron chi connectivity index (χ2n) is 29.2. The summed E-state index contributed by atoms with van der Waals surface area (Å²) in [4.78, 5) is 175. The SMILES string of the molecule is CC=CC[C@@H](C)[C@@H](O)[C@H]1C(=O)N[C@@H](CC)C(=O)N(C)[C@H](COCCCN(CC)CC)C(=O)N(C)[C@@H](CC(C)(C)O)C(=O)N[C@@H](C(C)C)C(=O)N(C)[C@@H](CC(C)C)C(=O)N[C@@H](C)C(=O)N[C@H](C)C(=O)N(C)[C@@H](CC(C)C)C(=O)N(C)[C@@H](CC(C)C)C(=O)N(C)[C@@H](C(C)C)C(=O)N1C. The van der Waals surface area contributed by atoms with Crippen molar-refractivity contribution in [2.75, 3.05) is 82.2 Å². The van der Waals surface area contributed by atoms with Crippen molar-refractivity contribution in [2.24, 2.45) is 35.5 Å². The molecule has 0 radical (unpaired) electrons. The molecule has 96 heavy (non-hydrogen) atoms. The average Bonchev–Trinajstić information content (AvgIpc) is 0.829. The van der Waals surface area contributed by atoms with E-state index < -0.39 is 161 Å². The highest BCUT2D eigenvalue weighted by Gasteiger charge is 2.47. The molecule has 1 aliphatic heterocycles. The fourth-order valence-electron chi connectivity index (χ4n) is 12.1. The Labute approximate surface area is 575 Å². The highest BCUT2D eigenvalue weighted by Crippen LogP contribution is 2.26. The Morgan fingerprint density at radius 2 is 0.948 bits per heavy atom. The van der Waals surface area contributed by atoms with Crippen LogP contribution in [0.15, 0.2) is 12.2 Å². The zero-order chi connectivity index (χ0) is 74.3. The fourth-order valence-corrected chi connectivity index (χ4v) is 12.1. The number of carbonyl (C=O) groups excluding carboxylic acids is 11. The molecule has 0 aromatic carbocycles. The number of aliphatic hydroxyl groups excluding tert-OH is 1. The van der Waals surface area contributed by atoms with Crippen molar-refractivity contribution in [2.45, 2.75) is 255 Å². The van der Waals surface area contributed by atoms with Crippen LogP contribution in [0.25, 0.3) is 0 Å². The van der Waals surface area contributed by atoms with E-state index >= 15 is 28.8 Å². The van der Waals surface area contributed by atoms with Crippen LogP contribution in [0, 0.1) is 35.5 Å². The Balaban J connectivity index is 4.58. The van der Waals surface area contributed by atoms with E-state index in [-0.39, 0.29) is 69.5 Å². The molecule has 1 heterocycles. The molecule has 1 rings (SSSR count). The van der Waals surface area contributed by atoms with Crippen LogP contribution >= 0.6 is 0 Å². The number of hydrogen-bond acceptors (Lipinski definition) is 15. The number of nitrogens with zero attached hydrogens (tertiary/aromatic N) is 8. The normalized spacial score (nSPS) is 26.2. The van der Waals surface area contributed by atoms with Gasteiger partial charge in [-0.25, -0.2) is 0 Å². The molecule has 1 aliphatic rings. The van der Waals surface area contributed by atoms with E-state index in [0.717, 1.165) is 27.8 Å². The Hall–Kier alpha value is -6.25. The second kappa shape index (κ2) is 40.6. The summed E-state index contributed by atoms with van der Waals surface area (Å²) >= 11 is 0. The van der Waals surface area contributed by atoms with Crippen LogP contribution in [0.5, 0.6) is 0 Å². The monoisotopic (exact) mass is 1360 g/mol. The maximum absolute atomic E-state index is 15.4. The predicted molar refractivity (Wildman–Crippen MR) is 372 cm³/mol. The largest absolute Gasteiger partial charge is 0.390 e. The third-order valence-electron chi connectivity index (χ3n) is 18.3. The lowest BCUT2D eigenvalue weighted by atomic mass is 9.91. The first-order chi connectivity index (χ1) is 44.4. The van der Waals surface area contributed by atoms with Gasteiger partial charge in [-0.1, -0.05) is 109 Å². The summed E-state index contributed by atoms with van der Waals surface area (Å²) in [6.45, 7) is 34.9. The minimum atomic E-state index is -1.68. The number of hydrogen-bond donors (Lipinski definition) is 6. The molecule has 0 bridgehead atoms. The number of rotatable bonds is 23. The topological polar surface area (TPSA) is 312 Å². The van der Waals surface area contributed by atoms with Crippen LogP contribution in [-0.4, -0.2) is 275 Å². The van der Waals surface area contributed by atoms with Crippen molar-refractivity contribution in [1.82, 2.24) is 60.5 Å². The van der Waals surface area contributed by atoms with E-state index in [9.17, 15) is 34.2 Å². The number of ether oxygens (including phenoxy) is 1. The zero-order valence-electron chi connectivity index (χ0n) is 63.4. The second-order valence-corrected chi connectivity index (χ2v) is 29.2. The Kier molecular flexibility index (Phi) is 37.1. The highest BCUT2D eigenvalue weighted by atomic mass is 16.5. The molecule has 0 saturated carbocycles. The number of likely N-dealkylation sites (N-methyl/N-ethyl adjacent to an activating group) is 7. The minimum absolute atomic E-state index is 0.0577. The number of nitrogens with one attached hydrogen (secondary N) is 4. The summed E-state index contributed by atoms with van der Waals surface area (Å²) in [5.74, 6) is -10.6. The first kappa shape index (κ1) is 87.8. The van der Waals surface area contributed by atoms with E-state index in [1.807, 2.05) is 55.4 Å². The lowest BCUT2D eigenvalue weighted by Gasteiger charge is -2.41. The first-order valence-electron chi connectivity index (χ1n) is 34.8. The summed E-state index contributed by atoms with van der Waals surface area (Å²) in [7, 11) is 9.75. The molecule has 1 saturated heterocycles. The van der Waals surface area contributed by atoms with Gasteiger partial charge in [-0.05, 0) is 122 Å². The number of aliphatic hydroxyl groups is 2. The number of amides is 11. The average molecular weight is 1360 g/mol. The van der Waals surface area contributed by atoms with Crippen LogP contribution in [0.2, 0.25) is 0 Å². The summed E-state index contributed by atoms with van der Waals surface area (Å²) in [5.41, 5.74) is -1.61. The zero-order valence-corrected chi connectivity index (χ0v) is 63.4. The van der Waals surface area contributed by atoms with E-state index in [0.29, 0.717) is 13.0 Å². The smallest absolute Gasteiger partial charge is 0.248 e. The number of allylic oxidation sites excluding steroid dienone is 2. The molecule has 13 atom stereocenters. The van der Waals surface area contributed by atoms with E-state index in [1.54, 1.807) is 60.6 Å². The summed E-state index contributed by atoms with van der Waals surface area (Å²) in [6.07, 6.45) is 2.79. The maximum atomic E-state index is 15.4. The lowest BCUT2D eigenvalue weighted by Crippen LogP contribution is -2.64. The number of carbonyl (C=O) groups is 11. The molecule has 0 aromatic rings. The predicted octanol–water partition coefficient (Wildman–Crippen LogP) is 3.50. The van der Waals surface area contributed by atoms with Crippen molar-refractivity contribution < 1.29 is 67.7 Å². The van der Waals surface area contributed by atoms with E-state index in [4.69, 9.17) is 4.74 Å². The van der Waals surface area contributed by atoms with Gasteiger partial charge in [-0.2, -0.15) is 0 Å². The molecule has 1 fully saturated rings. The Morgan fingerprint density at radius 3 is 1.42 bits per heavy atom. The first-order valence-corrected chi connectivity index (χ1v) is 34.8. The third kappa shape index (κ3) is 25.6. The van der Waals surface area contributed by atoms with Gasteiger partial charge in [-0.3, -0.25) is 52.7 Å². The molecule has 26 heteroatoms. The molecular weight excluding hydrogens is 1230 g/mol. The van der Waals surface area contributed by atoms with E-state index in [2.05, 4.69) is 26.2 Å². The van der Waals surface area contributed by atoms with Gasteiger partial charge < -0.3 is 75.4 Å². The lowest BCUT2D eigenvalue weighted by molar-refractivity contribution is -0.157. The van der Waals surface area contributed by atoms with E-state index in [1.165, 1.54) is 96.6 Å². The van der Waals surface area contributed by atoms with Gasteiger partial charge in [0.05, 0.1) is 18.3 Å². The molecular formula is C70H128N12O14. The van der Waals surface area contributed by atoms with Gasteiger partial charge in [0, 0.05) is 68.9 Å². The van der Waals surface area contributed by atoms with Crippen LogP contribution in [0.1, 0.15) is 176 Å². The molecule has 0 aliphatic carbocycles. The standard InChI is InChI=1S/C70H128N12O14/c1-27-31-33-46(15)58(83)57-62(87)73-49(28-2)64(89)79(24)54(40-96-35-32-34-82(29-3)30-4)67(92)78(23)53(39-70(18,19)95)61(86)74-55(44(11)12)68(93)75(20)50(36-41(5)6)60(85)71-47(16)59(84)72-48(17)63(88)76(21)51(37-42(7)8)65(90)77(22)52(38-43(9)10)66(91)80(25)56(45(13)14)69(94)81(57)26/h27,31,41-58,83,95H,28-30,32-40H2,1-26H3,(H,71,85)(H,72,84)(H,73,87)(H,74,86)/t46-,47+,48-,49+,50+,51+,52+,53+,54-,55+,56+,57+,58-/m1/s1. The molecule has 0 spiro atoms. The van der Waals surface area contributed by atoms with Crippen LogP contribution in [0.3, 0.4) is 0 Å². The van der Waals surface area contributed by atoms with Crippen molar-refractivity contribution >= 4 is 65.0 Å². The van der Waals surface area contributed by atoms with Gasteiger partial charge in [0.1, 0.15) is 66.5 Å². The molecule has 0 aromatic heterocycles. The summed E-state index contributed by atoms with van der Waals surface area (Å²) in [6, 6.07) is -14.7. The van der Waals surface area contributed by atoms with Crippen LogP contribution in [-0.2, 0) is 57.5 Å². The van der Waals surface area contributed by atoms with Gasteiger partial charge in [0.25, 0.3) is 0 Å². The van der Waals surface area contributed by atoms with Crippen LogP contribution < -0.4 is 21.3 Å².